The van der Waals surface area contributed by atoms with Gasteiger partial charge in [-0.3, -0.25) is 4.79 Å². The lowest BCUT2D eigenvalue weighted by atomic mass is 9.85. The lowest BCUT2D eigenvalue weighted by Crippen LogP contribution is -2.50. The zero-order valence-corrected chi connectivity index (χ0v) is 18.7. The monoisotopic (exact) mass is 464 g/mol. The first-order valence-corrected chi connectivity index (χ1v) is 11.4. The highest BCUT2D eigenvalue weighted by molar-refractivity contribution is 7.93. The number of carbonyl (C=O) groups is 1. The number of nitriles is 1. The summed E-state index contributed by atoms with van der Waals surface area (Å²) in [7, 11) is -2.88. The summed E-state index contributed by atoms with van der Waals surface area (Å²) >= 11 is 0. The number of hydrogen-bond donors (Lipinski definition) is 1. The summed E-state index contributed by atoms with van der Waals surface area (Å²) in [4.78, 5) is 17.9. The molecular weight excluding hydrogens is 444 g/mol. The minimum atomic E-state index is -4.35. The second-order valence-electron chi connectivity index (χ2n) is 7.19. The molecule has 0 spiro atoms. The molecule has 0 saturated carbocycles. The van der Waals surface area contributed by atoms with Gasteiger partial charge in [0, 0.05) is 17.3 Å². The van der Waals surface area contributed by atoms with E-state index in [-0.39, 0.29) is 39.8 Å². The highest BCUT2D eigenvalue weighted by atomic mass is 32.2. The Labute approximate surface area is 191 Å². The van der Waals surface area contributed by atoms with Gasteiger partial charge in [-0.05, 0) is 61.5 Å². The van der Waals surface area contributed by atoms with Gasteiger partial charge in [-0.1, -0.05) is 0 Å². The Kier molecular flexibility index (Phi) is 5.53. The number of carbonyl (C=O) groups excluding carboxylic acids is 1. The molecule has 0 aliphatic carbocycles. The van der Waals surface area contributed by atoms with E-state index in [4.69, 9.17) is 15.2 Å². The van der Waals surface area contributed by atoms with Crippen LogP contribution >= 0.6 is 0 Å². The summed E-state index contributed by atoms with van der Waals surface area (Å²) in [5.74, 6) is -0.337. The van der Waals surface area contributed by atoms with Crippen molar-refractivity contribution in [1.82, 2.24) is 4.98 Å². The highest BCUT2D eigenvalue weighted by Crippen LogP contribution is 2.47. The lowest BCUT2D eigenvalue weighted by Gasteiger charge is -2.26. The third-order valence-electron chi connectivity index (χ3n) is 5.37. The molecule has 33 heavy (non-hydrogen) atoms. The van der Waals surface area contributed by atoms with Crippen LogP contribution in [0.1, 0.15) is 23.6 Å². The Balaban J connectivity index is 1.96. The van der Waals surface area contributed by atoms with E-state index >= 15 is 0 Å². The van der Waals surface area contributed by atoms with E-state index in [0.717, 1.165) is 0 Å². The minimum Gasteiger partial charge on any atom is -0.497 e. The highest BCUT2D eigenvalue weighted by Gasteiger charge is 2.55. The van der Waals surface area contributed by atoms with Crippen molar-refractivity contribution in [3.8, 4) is 17.7 Å². The molecule has 0 fully saturated rings. The Morgan fingerprint density at radius 1 is 1.15 bits per heavy atom. The Bertz CT molecular complexity index is 1380. The lowest BCUT2D eigenvalue weighted by molar-refractivity contribution is -0.120. The van der Waals surface area contributed by atoms with E-state index < -0.39 is 21.5 Å². The maximum atomic E-state index is 13.8. The van der Waals surface area contributed by atoms with Gasteiger partial charge in [-0.2, -0.15) is 5.26 Å². The maximum Gasteiger partial charge on any atom is 0.270 e. The van der Waals surface area contributed by atoms with Crippen LogP contribution in [0.25, 0.3) is 0 Å². The van der Waals surface area contributed by atoms with Crippen molar-refractivity contribution in [3.05, 3.63) is 77.5 Å². The van der Waals surface area contributed by atoms with Crippen LogP contribution in [-0.4, -0.2) is 33.0 Å². The van der Waals surface area contributed by atoms with Crippen molar-refractivity contribution in [2.45, 2.75) is 17.4 Å². The molecule has 0 radical (unpaired) electrons. The summed E-state index contributed by atoms with van der Waals surface area (Å²) in [6, 6.07) is 15.0. The van der Waals surface area contributed by atoms with Crippen LogP contribution in [0.15, 0.2) is 65.7 Å². The van der Waals surface area contributed by atoms with Crippen LogP contribution < -0.4 is 19.5 Å². The van der Waals surface area contributed by atoms with E-state index in [1.807, 2.05) is 6.07 Å². The molecule has 168 valence electrons. The Morgan fingerprint density at radius 3 is 2.52 bits per heavy atom. The van der Waals surface area contributed by atoms with Gasteiger partial charge in [-0.15, -0.1) is 0 Å². The summed E-state index contributed by atoms with van der Waals surface area (Å²) in [6.45, 7) is 2.01. The zero-order chi connectivity index (χ0) is 23.8. The summed E-state index contributed by atoms with van der Waals surface area (Å²) in [6.07, 6.45) is 1.48. The summed E-state index contributed by atoms with van der Waals surface area (Å²) in [5, 5.41) is 9.41. The molecule has 1 aliphatic rings. The third kappa shape index (κ3) is 3.38. The maximum absolute atomic E-state index is 13.8. The number of nitrogens with zero attached hydrogens (tertiary/aromatic N) is 3. The van der Waals surface area contributed by atoms with Crippen molar-refractivity contribution in [2.75, 3.05) is 18.0 Å². The second kappa shape index (κ2) is 8.20. The van der Waals surface area contributed by atoms with Crippen molar-refractivity contribution < 1.29 is 22.7 Å². The van der Waals surface area contributed by atoms with Crippen LogP contribution in [0.3, 0.4) is 0 Å². The van der Waals surface area contributed by atoms with Gasteiger partial charge >= 0.3 is 0 Å². The number of rotatable bonds is 6. The van der Waals surface area contributed by atoms with E-state index in [9.17, 15) is 18.5 Å². The number of pyridine rings is 1. The van der Waals surface area contributed by atoms with Gasteiger partial charge in [0.1, 0.15) is 5.75 Å². The Morgan fingerprint density at radius 2 is 1.88 bits per heavy atom. The normalized spacial score (nSPS) is 17.4. The van der Waals surface area contributed by atoms with Crippen molar-refractivity contribution in [3.63, 3.8) is 0 Å². The fourth-order valence-corrected chi connectivity index (χ4v) is 5.25. The average molecular weight is 465 g/mol. The molecule has 2 N–H and O–H groups in total. The van der Waals surface area contributed by atoms with E-state index in [0.29, 0.717) is 10.1 Å². The van der Waals surface area contributed by atoms with Crippen LogP contribution in [0.4, 0.5) is 5.69 Å². The number of benzene rings is 2. The van der Waals surface area contributed by atoms with Crippen molar-refractivity contribution >= 4 is 21.6 Å². The number of methoxy groups -OCH3 is 1. The number of aromatic nitrogens is 1. The van der Waals surface area contributed by atoms with Crippen LogP contribution in [0.2, 0.25) is 0 Å². The molecule has 1 aromatic heterocycles. The molecule has 0 bridgehead atoms. The van der Waals surface area contributed by atoms with Gasteiger partial charge in [0.15, 0.2) is 5.54 Å². The van der Waals surface area contributed by atoms with Crippen LogP contribution in [0, 0.1) is 11.3 Å². The van der Waals surface area contributed by atoms with Gasteiger partial charge in [-0.25, -0.2) is 17.7 Å². The molecule has 1 aliphatic heterocycles. The van der Waals surface area contributed by atoms with Gasteiger partial charge in [0.25, 0.3) is 15.9 Å². The molecular formula is C23H20N4O5S. The standard InChI is InChI=1S/C23H20N4O5S/c1-3-32-21-18(5-4-12-26-21)23(25)19-13-15(14-24)6-11-20(19)27(22(23)28)33(29,30)17-9-7-16(31-2)8-10-17/h4-13H,3,25H2,1-2H3/t23-/m1/s1. The largest absolute Gasteiger partial charge is 0.497 e. The van der Waals surface area contributed by atoms with E-state index in [1.54, 1.807) is 19.1 Å². The molecule has 2 aromatic carbocycles. The predicted octanol–water partition coefficient (Wildman–Crippen LogP) is 2.30. The number of sulfonamides is 1. The molecule has 9 nitrogen and oxygen atoms in total. The minimum absolute atomic E-state index is 0.0589. The van der Waals surface area contributed by atoms with E-state index in [2.05, 4.69) is 4.98 Å². The van der Waals surface area contributed by atoms with Crippen LogP contribution in [-0.2, 0) is 20.4 Å². The quantitative estimate of drug-likeness (QED) is 0.587. The first kappa shape index (κ1) is 22.3. The zero-order valence-electron chi connectivity index (χ0n) is 17.8. The average Bonchev–Trinajstić information content (AvgIpc) is 3.07. The van der Waals surface area contributed by atoms with Crippen molar-refractivity contribution in [2.24, 2.45) is 5.73 Å². The molecule has 4 rings (SSSR count). The fourth-order valence-electron chi connectivity index (χ4n) is 3.78. The van der Waals surface area contributed by atoms with Crippen LogP contribution in [0.5, 0.6) is 11.6 Å². The van der Waals surface area contributed by atoms with Gasteiger partial charge in [0.2, 0.25) is 5.88 Å². The molecule has 0 saturated heterocycles. The molecule has 2 heterocycles. The molecule has 10 heteroatoms. The number of anilines is 1. The third-order valence-corrected chi connectivity index (χ3v) is 7.08. The van der Waals surface area contributed by atoms with E-state index in [1.165, 1.54) is 55.8 Å². The SMILES string of the molecule is CCOc1ncccc1[C@]1(N)C(=O)N(S(=O)(=O)c2ccc(OC)cc2)c2ccc(C#N)cc21. The molecule has 3 aromatic rings. The van der Waals surface area contributed by atoms with Crippen molar-refractivity contribution in [1.29, 1.82) is 5.26 Å². The number of amides is 1. The predicted molar refractivity (Wildman–Crippen MR) is 119 cm³/mol. The molecule has 0 unspecified atom stereocenters. The molecule has 1 amide bonds. The summed E-state index contributed by atoms with van der Waals surface area (Å²) < 4.78 is 38.5. The number of ether oxygens (including phenoxy) is 2. The number of fused-ring (bicyclic) bond motifs is 1. The van der Waals surface area contributed by atoms with Gasteiger partial charge in [0.05, 0.1) is 35.9 Å². The number of nitrogens with two attached hydrogens (primary N) is 1. The number of hydrogen-bond acceptors (Lipinski definition) is 8. The second-order valence-corrected chi connectivity index (χ2v) is 8.98. The summed E-state index contributed by atoms with van der Waals surface area (Å²) in [5.41, 5.74) is 5.39. The smallest absolute Gasteiger partial charge is 0.270 e. The first-order valence-electron chi connectivity index (χ1n) is 9.94. The van der Waals surface area contributed by atoms with Gasteiger partial charge < -0.3 is 15.2 Å². The topological polar surface area (TPSA) is 136 Å². The fraction of sp³-hybridized carbons (Fsp3) is 0.174. The first-order chi connectivity index (χ1) is 15.8. The Hall–Kier alpha value is -3.94. The molecule has 1 atom stereocenters.